The number of aldehydes is 1. The average molecular weight is 453 g/mol. The van der Waals surface area contributed by atoms with Gasteiger partial charge in [0.05, 0.1) is 16.3 Å². The molecule has 2 aromatic carbocycles. The van der Waals surface area contributed by atoms with Gasteiger partial charge in [-0.05, 0) is 44.2 Å². The van der Waals surface area contributed by atoms with Gasteiger partial charge in [0.1, 0.15) is 6.10 Å². The van der Waals surface area contributed by atoms with E-state index < -0.39 is 28.0 Å². The highest BCUT2D eigenvalue weighted by atomic mass is 32.2. The SMILES string of the molecule is Cc1ccc(-c2cc(C(F)(F)F)nn2-c2ccc(S(=O)(=O)NOC(C)C=O)cc2)cc1. The second kappa shape index (κ2) is 8.61. The minimum Gasteiger partial charge on any atom is -0.300 e. The second-order valence-corrected chi connectivity index (χ2v) is 8.38. The molecule has 11 heteroatoms. The molecule has 31 heavy (non-hydrogen) atoms. The molecule has 0 aliphatic heterocycles. The van der Waals surface area contributed by atoms with Crippen molar-refractivity contribution >= 4 is 16.3 Å². The van der Waals surface area contributed by atoms with E-state index in [1.165, 1.54) is 31.2 Å². The van der Waals surface area contributed by atoms with Crippen molar-refractivity contribution in [1.29, 1.82) is 0 Å². The average Bonchev–Trinajstić information content (AvgIpc) is 3.18. The fraction of sp³-hybridized carbons (Fsp3) is 0.200. The Morgan fingerprint density at radius 1 is 1.10 bits per heavy atom. The van der Waals surface area contributed by atoms with Crippen molar-refractivity contribution in [2.24, 2.45) is 0 Å². The molecular formula is C20H18F3N3O4S. The van der Waals surface area contributed by atoms with E-state index in [4.69, 9.17) is 4.84 Å². The molecule has 1 N–H and O–H groups in total. The maximum absolute atomic E-state index is 13.3. The standard InChI is InChI=1S/C20H18F3N3O4S/c1-13-3-5-15(6-4-13)18-11-19(20(21,22)23)24-26(18)16-7-9-17(10-8-16)31(28,29)25-30-14(2)12-27/h3-12,14,25H,1-2H3. The van der Waals surface area contributed by atoms with Gasteiger partial charge in [0.25, 0.3) is 10.0 Å². The highest BCUT2D eigenvalue weighted by Crippen LogP contribution is 2.33. The van der Waals surface area contributed by atoms with Crippen molar-refractivity contribution < 1.29 is 31.2 Å². The Morgan fingerprint density at radius 2 is 1.71 bits per heavy atom. The number of halogens is 3. The van der Waals surface area contributed by atoms with Gasteiger partial charge in [-0.2, -0.15) is 18.3 Å². The van der Waals surface area contributed by atoms with Crippen molar-refractivity contribution in [3.63, 3.8) is 0 Å². The van der Waals surface area contributed by atoms with E-state index in [1.807, 2.05) is 11.8 Å². The topological polar surface area (TPSA) is 90.3 Å². The summed E-state index contributed by atoms with van der Waals surface area (Å²) in [5.74, 6) is 0. The summed E-state index contributed by atoms with van der Waals surface area (Å²) in [5.41, 5.74) is 0.816. The molecule has 3 rings (SSSR count). The molecule has 1 atom stereocenters. The van der Waals surface area contributed by atoms with Crippen LogP contribution in [0.1, 0.15) is 18.2 Å². The smallest absolute Gasteiger partial charge is 0.300 e. The van der Waals surface area contributed by atoms with Crippen LogP contribution in [0.5, 0.6) is 0 Å². The minimum absolute atomic E-state index is 0.198. The van der Waals surface area contributed by atoms with Crippen molar-refractivity contribution in [2.75, 3.05) is 0 Å². The molecule has 0 saturated carbocycles. The molecule has 0 amide bonds. The lowest BCUT2D eigenvalue weighted by Gasteiger charge is -2.11. The van der Waals surface area contributed by atoms with E-state index >= 15 is 0 Å². The van der Waals surface area contributed by atoms with Gasteiger partial charge < -0.3 is 4.79 Å². The predicted octanol–water partition coefficient (Wildman–Crippen LogP) is 3.66. The zero-order valence-corrected chi connectivity index (χ0v) is 17.2. The Labute approximate surface area is 176 Å². The van der Waals surface area contributed by atoms with Gasteiger partial charge >= 0.3 is 6.18 Å². The summed E-state index contributed by atoms with van der Waals surface area (Å²) in [4.78, 5) is 16.9. The fourth-order valence-corrected chi connectivity index (χ4v) is 3.50. The lowest BCUT2D eigenvalue weighted by atomic mass is 10.1. The zero-order chi connectivity index (χ0) is 22.8. The van der Waals surface area contributed by atoms with Crippen LogP contribution < -0.4 is 4.89 Å². The largest absolute Gasteiger partial charge is 0.435 e. The number of hydrogen-bond acceptors (Lipinski definition) is 5. The number of nitrogens with zero attached hydrogens (tertiary/aromatic N) is 2. The van der Waals surface area contributed by atoms with E-state index in [0.29, 0.717) is 11.8 Å². The second-order valence-electron chi connectivity index (χ2n) is 6.73. The van der Waals surface area contributed by atoms with Gasteiger partial charge in [0.15, 0.2) is 12.0 Å². The van der Waals surface area contributed by atoms with Crippen LogP contribution in [0.25, 0.3) is 16.9 Å². The number of aryl methyl sites for hydroxylation is 1. The summed E-state index contributed by atoms with van der Waals surface area (Å²) in [6.45, 7) is 3.20. The molecule has 0 aliphatic rings. The van der Waals surface area contributed by atoms with E-state index in [-0.39, 0.29) is 16.3 Å². The number of carbonyl (C=O) groups is 1. The number of alkyl halides is 3. The molecule has 1 heterocycles. The van der Waals surface area contributed by atoms with Crippen LogP contribution in [0.15, 0.2) is 59.5 Å². The van der Waals surface area contributed by atoms with Crippen LogP contribution in [0, 0.1) is 6.92 Å². The first-order chi connectivity index (χ1) is 14.5. The number of aromatic nitrogens is 2. The van der Waals surface area contributed by atoms with Crippen LogP contribution in [0.3, 0.4) is 0 Å². The number of carbonyl (C=O) groups excluding carboxylic acids is 1. The molecule has 3 aromatic rings. The Hall–Kier alpha value is -3.02. The molecule has 0 fully saturated rings. The summed E-state index contributed by atoms with van der Waals surface area (Å²) >= 11 is 0. The number of rotatable bonds is 7. The maximum Gasteiger partial charge on any atom is 0.435 e. The van der Waals surface area contributed by atoms with Gasteiger partial charge in [-0.3, -0.25) is 4.84 Å². The highest BCUT2D eigenvalue weighted by molar-refractivity contribution is 7.89. The molecule has 1 aromatic heterocycles. The molecular weight excluding hydrogens is 435 g/mol. The quantitative estimate of drug-likeness (QED) is 0.436. The van der Waals surface area contributed by atoms with Gasteiger partial charge in [0.2, 0.25) is 0 Å². The summed E-state index contributed by atoms with van der Waals surface area (Å²) < 4.78 is 65.4. The third-order valence-corrected chi connectivity index (χ3v) is 5.48. The Morgan fingerprint density at radius 3 is 2.26 bits per heavy atom. The number of benzene rings is 2. The lowest BCUT2D eigenvalue weighted by Crippen LogP contribution is -2.29. The van der Waals surface area contributed by atoms with Crippen molar-refractivity contribution in [1.82, 2.24) is 14.7 Å². The molecule has 0 bridgehead atoms. The first-order valence-electron chi connectivity index (χ1n) is 8.99. The van der Waals surface area contributed by atoms with Gasteiger partial charge in [-0.25, -0.2) is 13.1 Å². The highest BCUT2D eigenvalue weighted by Gasteiger charge is 2.35. The van der Waals surface area contributed by atoms with Crippen LogP contribution >= 0.6 is 0 Å². The Balaban J connectivity index is 1.99. The normalized spacial score (nSPS) is 13.2. The summed E-state index contributed by atoms with van der Waals surface area (Å²) in [7, 11) is -4.09. The fourth-order valence-electron chi connectivity index (χ4n) is 2.63. The summed E-state index contributed by atoms with van der Waals surface area (Å²) in [6.07, 6.45) is -5.23. The van der Waals surface area contributed by atoms with Gasteiger partial charge in [0, 0.05) is 5.56 Å². The molecule has 0 saturated heterocycles. The monoisotopic (exact) mass is 453 g/mol. The third kappa shape index (κ3) is 5.19. The van der Waals surface area contributed by atoms with E-state index in [2.05, 4.69) is 5.10 Å². The van der Waals surface area contributed by atoms with Crippen molar-refractivity contribution in [3.05, 3.63) is 65.9 Å². The Bertz CT molecular complexity index is 1170. The molecule has 1 unspecified atom stereocenters. The summed E-state index contributed by atoms with van der Waals surface area (Å²) in [5, 5.41) is 3.68. The van der Waals surface area contributed by atoms with Crippen LogP contribution in [-0.4, -0.2) is 30.6 Å². The molecule has 7 nitrogen and oxygen atoms in total. The third-order valence-electron chi connectivity index (χ3n) is 4.27. The minimum atomic E-state index is -4.65. The number of nitrogens with one attached hydrogen (secondary N) is 1. The van der Waals surface area contributed by atoms with E-state index in [1.54, 1.807) is 24.3 Å². The first kappa shape index (κ1) is 22.7. The number of sulfonamides is 1. The number of hydrogen-bond donors (Lipinski definition) is 1. The van der Waals surface area contributed by atoms with Crippen molar-refractivity contribution in [2.45, 2.75) is 31.0 Å². The van der Waals surface area contributed by atoms with Crippen molar-refractivity contribution in [3.8, 4) is 16.9 Å². The predicted molar refractivity (Wildman–Crippen MR) is 106 cm³/mol. The van der Waals surface area contributed by atoms with Crippen LogP contribution in [0.4, 0.5) is 13.2 Å². The molecule has 164 valence electrons. The lowest BCUT2D eigenvalue weighted by molar-refractivity contribution is -0.141. The van der Waals surface area contributed by atoms with E-state index in [0.717, 1.165) is 16.3 Å². The first-order valence-corrected chi connectivity index (χ1v) is 10.5. The van der Waals surface area contributed by atoms with Gasteiger partial charge in [-0.15, -0.1) is 0 Å². The molecule has 0 aliphatic carbocycles. The summed E-state index contributed by atoms with van der Waals surface area (Å²) in [6, 6.07) is 12.9. The Kier molecular flexibility index (Phi) is 6.30. The maximum atomic E-state index is 13.3. The van der Waals surface area contributed by atoms with Crippen LogP contribution in [-0.2, 0) is 25.8 Å². The zero-order valence-electron chi connectivity index (χ0n) is 16.4. The van der Waals surface area contributed by atoms with E-state index in [9.17, 15) is 26.4 Å². The molecule has 0 spiro atoms. The van der Waals surface area contributed by atoms with Crippen LogP contribution in [0.2, 0.25) is 0 Å². The molecule has 0 radical (unpaired) electrons. The van der Waals surface area contributed by atoms with Gasteiger partial charge in [-0.1, -0.05) is 34.7 Å².